The highest BCUT2D eigenvalue weighted by atomic mass is 19.4. The molecule has 0 aromatic heterocycles. The first-order valence-corrected chi connectivity index (χ1v) is 7.48. The molecule has 1 N–H and O–H groups in total. The molecule has 0 unspecified atom stereocenters. The first kappa shape index (κ1) is 18.3. The summed E-state index contributed by atoms with van der Waals surface area (Å²) in [4.78, 5) is 24.7. The van der Waals surface area contributed by atoms with E-state index in [0.29, 0.717) is 0 Å². The second-order valence-corrected chi connectivity index (χ2v) is 5.71. The van der Waals surface area contributed by atoms with Gasteiger partial charge >= 0.3 is 12.1 Å². The number of carboxylic acids is 1. The predicted octanol–water partition coefficient (Wildman–Crippen LogP) is 2.51. The molecule has 132 valence electrons. The van der Waals surface area contributed by atoms with Gasteiger partial charge in [0.1, 0.15) is 0 Å². The molecular formula is C16H18F3NO4. The van der Waals surface area contributed by atoms with Gasteiger partial charge in [-0.15, -0.1) is 0 Å². The molecule has 8 heteroatoms. The van der Waals surface area contributed by atoms with Crippen LogP contribution in [0, 0.1) is 0 Å². The minimum Gasteiger partial charge on any atom is -0.480 e. The molecular weight excluding hydrogens is 327 g/mol. The van der Waals surface area contributed by atoms with E-state index in [9.17, 15) is 22.8 Å². The molecule has 1 heterocycles. The number of carboxylic acid groups (broad SMARTS) is 1. The molecule has 0 aliphatic carbocycles. The molecule has 1 aromatic rings. The number of carbonyl (C=O) groups excluding carboxylic acids is 1. The molecule has 1 fully saturated rings. The normalized spacial score (nSPS) is 19.8. The highest BCUT2D eigenvalue weighted by Crippen LogP contribution is 2.36. The Morgan fingerprint density at radius 1 is 1.38 bits per heavy atom. The van der Waals surface area contributed by atoms with Crippen molar-refractivity contribution in [2.45, 2.75) is 31.5 Å². The molecule has 24 heavy (non-hydrogen) atoms. The van der Waals surface area contributed by atoms with E-state index in [4.69, 9.17) is 9.84 Å². The zero-order valence-corrected chi connectivity index (χ0v) is 13.0. The molecule has 5 nitrogen and oxygen atoms in total. The van der Waals surface area contributed by atoms with Crippen LogP contribution < -0.4 is 0 Å². The summed E-state index contributed by atoms with van der Waals surface area (Å²) >= 11 is 0. The zero-order chi connectivity index (χ0) is 17.9. The average molecular weight is 345 g/mol. The van der Waals surface area contributed by atoms with Crippen LogP contribution in [0.5, 0.6) is 0 Å². The number of carbonyl (C=O) groups is 2. The van der Waals surface area contributed by atoms with Crippen molar-refractivity contribution in [3.63, 3.8) is 0 Å². The van der Waals surface area contributed by atoms with Crippen LogP contribution in [0.2, 0.25) is 0 Å². The quantitative estimate of drug-likeness (QED) is 0.911. The van der Waals surface area contributed by atoms with Gasteiger partial charge in [0.05, 0.1) is 18.8 Å². The van der Waals surface area contributed by atoms with Gasteiger partial charge in [-0.1, -0.05) is 25.1 Å². The van der Waals surface area contributed by atoms with E-state index >= 15 is 0 Å². The van der Waals surface area contributed by atoms with Crippen molar-refractivity contribution in [3.05, 3.63) is 35.4 Å². The standard InChI is InChI=1S/C16H18F3NO4/c1-10(11-4-2-3-5-12(11)16(17,18)19)8-14(21)20-6-7-24-9-13(20)15(22)23/h2-5,10,13H,6-9H2,1H3,(H,22,23)/t10-,13+/m0/s1. The Kier molecular flexibility index (Phi) is 5.48. The number of ether oxygens (including phenoxy) is 1. The minimum absolute atomic E-state index is 0.0264. The average Bonchev–Trinajstić information content (AvgIpc) is 2.53. The van der Waals surface area contributed by atoms with Crippen LogP contribution in [0.3, 0.4) is 0 Å². The number of nitrogens with zero attached hydrogens (tertiary/aromatic N) is 1. The number of hydrogen-bond acceptors (Lipinski definition) is 3. The summed E-state index contributed by atoms with van der Waals surface area (Å²) in [5.41, 5.74) is -0.749. The van der Waals surface area contributed by atoms with E-state index < -0.39 is 35.6 Å². The lowest BCUT2D eigenvalue weighted by molar-refractivity contribution is -0.158. The molecule has 1 aliphatic rings. The molecule has 0 saturated carbocycles. The van der Waals surface area contributed by atoms with Crippen LogP contribution in [-0.2, 0) is 20.5 Å². The first-order chi connectivity index (χ1) is 11.2. The van der Waals surface area contributed by atoms with E-state index in [1.807, 2.05) is 0 Å². The maximum absolute atomic E-state index is 13.1. The topological polar surface area (TPSA) is 66.8 Å². The fraction of sp³-hybridized carbons (Fsp3) is 0.500. The van der Waals surface area contributed by atoms with Gasteiger partial charge in [0.25, 0.3) is 0 Å². The summed E-state index contributed by atoms with van der Waals surface area (Å²) in [5, 5.41) is 9.14. The van der Waals surface area contributed by atoms with Crippen LogP contribution in [0.15, 0.2) is 24.3 Å². The monoisotopic (exact) mass is 345 g/mol. The van der Waals surface area contributed by atoms with Crippen molar-refractivity contribution in [2.75, 3.05) is 19.8 Å². The fourth-order valence-electron chi connectivity index (χ4n) is 2.78. The second-order valence-electron chi connectivity index (χ2n) is 5.71. The van der Waals surface area contributed by atoms with E-state index in [1.165, 1.54) is 30.0 Å². The van der Waals surface area contributed by atoms with Crippen LogP contribution >= 0.6 is 0 Å². The number of rotatable bonds is 4. The van der Waals surface area contributed by atoms with Crippen molar-refractivity contribution in [1.82, 2.24) is 4.90 Å². The summed E-state index contributed by atoms with van der Waals surface area (Å²) < 4.78 is 44.3. The molecule has 1 aromatic carbocycles. The lowest BCUT2D eigenvalue weighted by atomic mass is 9.92. The van der Waals surface area contributed by atoms with Gasteiger partial charge in [-0.3, -0.25) is 4.79 Å². The Morgan fingerprint density at radius 2 is 2.04 bits per heavy atom. The largest absolute Gasteiger partial charge is 0.480 e. The summed E-state index contributed by atoms with van der Waals surface area (Å²) in [6.07, 6.45) is -4.70. The number of benzene rings is 1. The molecule has 1 saturated heterocycles. The lowest BCUT2D eigenvalue weighted by Gasteiger charge is -2.33. The Bertz CT molecular complexity index is 618. The smallest absolute Gasteiger partial charge is 0.416 e. The van der Waals surface area contributed by atoms with Crippen LogP contribution in [0.1, 0.15) is 30.4 Å². The SMILES string of the molecule is C[C@@H](CC(=O)N1CCOC[C@@H]1C(=O)O)c1ccccc1C(F)(F)F. The third kappa shape index (κ3) is 4.05. The van der Waals surface area contributed by atoms with Gasteiger partial charge < -0.3 is 14.7 Å². The van der Waals surface area contributed by atoms with E-state index in [1.54, 1.807) is 0 Å². The number of morpholine rings is 1. The third-order valence-electron chi connectivity index (χ3n) is 4.01. The lowest BCUT2D eigenvalue weighted by Crippen LogP contribution is -2.52. The number of halogens is 3. The van der Waals surface area contributed by atoms with Gasteiger partial charge in [0.2, 0.25) is 5.91 Å². The predicted molar refractivity (Wildman–Crippen MR) is 78.4 cm³/mol. The molecule has 1 aliphatic heterocycles. The molecule has 0 bridgehead atoms. The molecule has 0 spiro atoms. The Morgan fingerprint density at radius 3 is 2.67 bits per heavy atom. The van der Waals surface area contributed by atoms with Gasteiger partial charge in [0.15, 0.2) is 6.04 Å². The second kappa shape index (κ2) is 7.21. The van der Waals surface area contributed by atoms with Crippen LogP contribution in [0.25, 0.3) is 0 Å². The third-order valence-corrected chi connectivity index (χ3v) is 4.01. The zero-order valence-electron chi connectivity index (χ0n) is 13.0. The summed E-state index contributed by atoms with van der Waals surface area (Å²) in [7, 11) is 0. The fourth-order valence-corrected chi connectivity index (χ4v) is 2.78. The van der Waals surface area contributed by atoms with Gasteiger partial charge in [-0.05, 0) is 17.5 Å². The molecule has 0 radical (unpaired) electrons. The van der Waals surface area contributed by atoms with Crippen LogP contribution in [0.4, 0.5) is 13.2 Å². The van der Waals surface area contributed by atoms with E-state index in [2.05, 4.69) is 0 Å². The van der Waals surface area contributed by atoms with Crippen molar-refractivity contribution < 1.29 is 32.6 Å². The number of amides is 1. The van der Waals surface area contributed by atoms with Crippen molar-refractivity contribution in [2.24, 2.45) is 0 Å². The summed E-state index contributed by atoms with van der Waals surface area (Å²) in [6.45, 7) is 1.74. The van der Waals surface area contributed by atoms with Crippen molar-refractivity contribution >= 4 is 11.9 Å². The molecule has 1 amide bonds. The highest BCUT2D eigenvalue weighted by molar-refractivity contribution is 5.84. The van der Waals surface area contributed by atoms with Gasteiger partial charge in [-0.25, -0.2) is 4.79 Å². The van der Waals surface area contributed by atoms with Gasteiger partial charge in [0, 0.05) is 13.0 Å². The Balaban J connectivity index is 2.16. The Hall–Kier alpha value is -2.09. The Labute approximate surface area is 137 Å². The maximum atomic E-state index is 13.1. The first-order valence-electron chi connectivity index (χ1n) is 7.48. The minimum atomic E-state index is -4.50. The van der Waals surface area contributed by atoms with Crippen LogP contribution in [-0.4, -0.2) is 47.7 Å². The molecule has 2 rings (SSSR count). The maximum Gasteiger partial charge on any atom is 0.416 e. The summed E-state index contributed by atoms with van der Waals surface area (Å²) in [6, 6.07) is 4.00. The van der Waals surface area contributed by atoms with Crippen molar-refractivity contribution in [1.29, 1.82) is 0 Å². The number of hydrogen-bond donors (Lipinski definition) is 1. The van der Waals surface area contributed by atoms with Gasteiger partial charge in [-0.2, -0.15) is 13.2 Å². The van der Waals surface area contributed by atoms with E-state index in [-0.39, 0.29) is 31.7 Å². The highest BCUT2D eigenvalue weighted by Gasteiger charge is 2.36. The summed E-state index contributed by atoms with van der Waals surface area (Å²) in [5.74, 6) is -2.37. The number of alkyl halides is 3. The number of aliphatic carboxylic acids is 1. The van der Waals surface area contributed by atoms with Crippen molar-refractivity contribution in [3.8, 4) is 0 Å². The van der Waals surface area contributed by atoms with E-state index in [0.717, 1.165) is 6.07 Å². The molecule has 2 atom stereocenters.